The fraction of sp³-hybridized carbons (Fsp3) is 0.750. The topological polar surface area (TPSA) is 78.9 Å². The summed E-state index contributed by atoms with van der Waals surface area (Å²) in [5, 5.41) is 0. The molecule has 0 saturated carbocycles. The van der Waals surface area contributed by atoms with Gasteiger partial charge in [-0.1, -0.05) is 273 Å². The normalized spacial score (nSPS) is 12.6. The molecular weight excluding hydrogens is 913 g/mol. The van der Waals surface area contributed by atoms with Crippen LogP contribution in [0.5, 0.6) is 0 Å². The molecule has 1 unspecified atom stereocenters. The minimum atomic E-state index is -0.789. The van der Waals surface area contributed by atoms with Crippen LogP contribution in [0.1, 0.15) is 310 Å². The van der Waals surface area contributed by atoms with Crippen molar-refractivity contribution in [3.8, 4) is 0 Å². The van der Waals surface area contributed by atoms with Crippen LogP contribution in [0.2, 0.25) is 0 Å². The van der Waals surface area contributed by atoms with E-state index < -0.39 is 6.10 Å². The minimum absolute atomic E-state index is 0.0850. The highest BCUT2D eigenvalue weighted by atomic mass is 16.6. The van der Waals surface area contributed by atoms with Gasteiger partial charge in [0.15, 0.2) is 6.10 Å². The van der Waals surface area contributed by atoms with Crippen molar-refractivity contribution in [1.29, 1.82) is 0 Å². The van der Waals surface area contributed by atoms with E-state index in [9.17, 15) is 14.4 Å². The highest BCUT2D eigenvalue weighted by molar-refractivity contribution is 5.71. The van der Waals surface area contributed by atoms with E-state index in [4.69, 9.17) is 14.2 Å². The molecule has 0 fully saturated rings. The van der Waals surface area contributed by atoms with Crippen molar-refractivity contribution in [2.75, 3.05) is 13.2 Å². The van der Waals surface area contributed by atoms with Gasteiger partial charge < -0.3 is 14.2 Å². The van der Waals surface area contributed by atoms with E-state index in [2.05, 4.69) is 106 Å². The van der Waals surface area contributed by atoms with Crippen molar-refractivity contribution >= 4 is 17.9 Å². The van der Waals surface area contributed by atoms with Gasteiger partial charge in [0.2, 0.25) is 0 Å². The molecule has 0 N–H and O–H groups in total. The number of esters is 3. The zero-order valence-corrected chi connectivity index (χ0v) is 48.8. The molecule has 426 valence electrons. The highest BCUT2D eigenvalue weighted by Gasteiger charge is 2.19. The Kier molecular flexibility index (Phi) is 59.3. The third-order valence-electron chi connectivity index (χ3n) is 13.7. The number of hydrogen-bond donors (Lipinski definition) is 0. The summed E-state index contributed by atoms with van der Waals surface area (Å²) in [6.45, 7) is 6.51. The van der Waals surface area contributed by atoms with Crippen LogP contribution in [-0.2, 0) is 28.6 Å². The molecule has 0 spiro atoms. The first-order chi connectivity index (χ1) is 36.5. The van der Waals surface area contributed by atoms with Gasteiger partial charge in [0.1, 0.15) is 13.2 Å². The van der Waals surface area contributed by atoms with Crippen LogP contribution >= 0.6 is 0 Å². The van der Waals surface area contributed by atoms with Crippen LogP contribution in [0.3, 0.4) is 0 Å². The number of carbonyl (C=O) groups excluding carboxylic acids is 3. The number of ether oxygens (including phenoxy) is 3. The Hall–Kier alpha value is -3.41. The molecule has 74 heavy (non-hydrogen) atoms. The predicted octanol–water partition coefficient (Wildman–Crippen LogP) is 21.5. The van der Waals surface area contributed by atoms with Gasteiger partial charge in [-0.25, -0.2) is 0 Å². The fourth-order valence-electron chi connectivity index (χ4n) is 8.91. The average Bonchev–Trinajstić information content (AvgIpc) is 3.40. The Labute approximate surface area is 458 Å². The van der Waals surface area contributed by atoms with Gasteiger partial charge in [0, 0.05) is 19.3 Å². The molecule has 0 aromatic heterocycles. The van der Waals surface area contributed by atoms with Crippen LogP contribution in [0, 0.1) is 0 Å². The molecule has 6 nitrogen and oxygen atoms in total. The molecule has 0 aliphatic carbocycles. The number of unbranched alkanes of at least 4 members (excludes halogenated alkanes) is 34. The maximum Gasteiger partial charge on any atom is 0.306 e. The molecule has 0 rings (SSSR count). The summed E-state index contributed by atoms with van der Waals surface area (Å²) in [5.41, 5.74) is 0. The lowest BCUT2D eigenvalue weighted by Crippen LogP contribution is -2.30. The van der Waals surface area contributed by atoms with E-state index in [-0.39, 0.29) is 31.1 Å². The van der Waals surface area contributed by atoms with Crippen molar-refractivity contribution < 1.29 is 28.6 Å². The largest absolute Gasteiger partial charge is 0.462 e. The third-order valence-corrected chi connectivity index (χ3v) is 13.7. The monoisotopic (exact) mass is 1030 g/mol. The van der Waals surface area contributed by atoms with Gasteiger partial charge in [0.25, 0.3) is 0 Å². The second kappa shape index (κ2) is 62.1. The molecule has 0 amide bonds. The van der Waals surface area contributed by atoms with Crippen molar-refractivity contribution in [2.45, 2.75) is 316 Å². The summed E-state index contributed by atoms with van der Waals surface area (Å²) in [6.07, 6.45) is 81.5. The molecule has 0 saturated heterocycles. The first-order valence-electron chi connectivity index (χ1n) is 31.6. The zero-order chi connectivity index (χ0) is 53.6. The van der Waals surface area contributed by atoms with Crippen LogP contribution in [0.15, 0.2) is 85.1 Å². The maximum absolute atomic E-state index is 12.9. The SMILES string of the molecule is CC/C=C\C/C=C\C/C=C\CCCCCCCCCCCC(=O)OCC(COC(=O)CCCCCCC/C=C\C=C/CCCCCCCCC)OC(=O)CCCCCCCCCCCC/C=C\C=C/CCCCC. The first-order valence-corrected chi connectivity index (χ1v) is 31.6. The number of hydrogen-bond acceptors (Lipinski definition) is 6. The Morgan fingerprint density at radius 2 is 0.568 bits per heavy atom. The van der Waals surface area contributed by atoms with E-state index in [0.29, 0.717) is 19.3 Å². The van der Waals surface area contributed by atoms with Gasteiger partial charge in [-0.15, -0.1) is 0 Å². The second-order valence-corrected chi connectivity index (χ2v) is 21.0. The number of allylic oxidation sites excluding steroid dienone is 14. The molecule has 0 aliphatic rings. The van der Waals surface area contributed by atoms with E-state index in [1.54, 1.807) is 0 Å². The average molecular weight is 1030 g/mol. The Balaban J connectivity index is 4.41. The molecule has 0 bridgehead atoms. The van der Waals surface area contributed by atoms with E-state index >= 15 is 0 Å². The molecule has 0 radical (unpaired) electrons. The Bertz CT molecular complexity index is 1420. The van der Waals surface area contributed by atoms with Crippen LogP contribution in [-0.4, -0.2) is 37.2 Å². The van der Waals surface area contributed by atoms with Crippen molar-refractivity contribution in [3.05, 3.63) is 85.1 Å². The van der Waals surface area contributed by atoms with Crippen LogP contribution in [0.25, 0.3) is 0 Å². The summed E-state index contributed by atoms with van der Waals surface area (Å²) in [7, 11) is 0. The minimum Gasteiger partial charge on any atom is -0.462 e. The van der Waals surface area contributed by atoms with Crippen LogP contribution < -0.4 is 0 Å². The second-order valence-electron chi connectivity index (χ2n) is 21.0. The summed E-state index contributed by atoms with van der Waals surface area (Å²) in [4.78, 5) is 38.3. The lowest BCUT2D eigenvalue weighted by atomic mass is 10.1. The van der Waals surface area contributed by atoms with Gasteiger partial charge in [-0.2, -0.15) is 0 Å². The van der Waals surface area contributed by atoms with Crippen molar-refractivity contribution in [3.63, 3.8) is 0 Å². The highest BCUT2D eigenvalue weighted by Crippen LogP contribution is 2.16. The van der Waals surface area contributed by atoms with E-state index in [1.807, 2.05) is 0 Å². The lowest BCUT2D eigenvalue weighted by Gasteiger charge is -2.18. The fourth-order valence-corrected chi connectivity index (χ4v) is 8.91. The molecule has 6 heteroatoms. The zero-order valence-electron chi connectivity index (χ0n) is 48.8. The van der Waals surface area contributed by atoms with E-state index in [1.165, 1.54) is 173 Å². The smallest absolute Gasteiger partial charge is 0.306 e. The summed E-state index contributed by atoms with van der Waals surface area (Å²) in [5.74, 6) is -0.897. The quantitative estimate of drug-likeness (QED) is 0.0199. The van der Waals surface area contributed by atoms with Crippen molar-refractivity contribution in [1.82, 2.24) is 0 Å². The summed E-state index contributed by atoms with van der Waals surface area (Å²) >= 11 is 0. The van der Waals surface area contributed by atoms with E-state index in [0.717, 1.165) is 96.3 Å². The maximum atomic E-state index is 12.9. The first kappa shape index (κ1) is 70.6. The molecule has 0 aliphatic heterocycles. The third kappa shape index (κ3) is 59.5. The molecule has 0 aromatic carbocycles. The molecule has 0 heterocycles. The van der Waals surface area contributed by atoms with Gasteiger partial charge in [-0.3, -0.25) is 14.4 Å². The van der Waals surface area contributed by atoms with Crippen molar-refractivity contribution in [2.24, 2.45) is 0 Å². The summed E-state index contributed by atoms with van der Waals surface area (Å²) in [6, 6.07) is 0. The lowest BCUT2D eigenvalue weighted by molar-refractivity contribution is -0.167. The number of carbonyl (C=O) groups is 3. The molecular formula is C68H118O6. The molecule has 0 aromatic rings. The van der Waals surface area contributed by atoms with Gasteiger partial charge in [-0.05, 0) is 103 Å². The number of rotatable bonds is 57. The Morgan fingerprint density at radius 3 is 0.932 bits per heavy atom. The summed E-state index contributed by atoms with van der Waals surface area (Å²) < 4.78 is 16.9. The standard InChI is InChI=1S/C68H118O6/c1-4-7-10-13-16-19-22-25-28-31-34-37-40-43-46-49-52-55-58-61-67(70)73-64-65(63-72-66(69)60-57-54-51-48-45-42-39-36-33-30-27-24-21-18-15-12-9-6-3)74-68(71)62-59-56-53-50-47-44-41-38-35-32-29-26-23-20-17-14-11-8-5-2/h7,10,16-17,19-20,23,25-26,28,30,33,36,39,65H,4-6,8-9,11-15,18,21-22,24,27,29,31-32,34-35,37-38,40-64H2,1-3H3/b10-7-,19-16-,20-17-,26-23-,28-25-,33-30-,39-36-. The molecule has 1 atom stereocenters. The van der Waals surface area contributed by atoms with Crippen LogP contribution in [0.4, 0.5) is 0 Å². The van der Waals surface area contributed by atoms with Gasteiger partial charge >= 0.3 is 17.9 Å². The van der Waals surface area contributed by atoms with Gasteiger partial charge in [0.05, 0.1) is 0 Å². The predicted molar refractivity (Wildman–Crippen MR) is 321 cm³/mol. The Morgan fingerprint density at radius 1 is 0.297 bits per heavy atom.